The molecule has 1 aromatic rings. The molecule has 0 heterocycles. The zero-order chi connectivity index (χ0) is 15.1. The second-order valence-corrected chi connectivity index (χ2v) is 5.32. The molecule has 0 bridgehead atoms. The molecule has 21 heavy (non-hydrogen) atoms. The highest BCUT2D eigenvalue weighted by atomic mass is 16.5. The molecule has 3 amide bonds. The van der Waals surface area contributed by atoms with Gasteiger partial charge in [-0.2, -0.15) is 0 Å². The molecule has 0 spiro atoms. The maximum atomic E-state index is 12.3. The Morgan fingerprint density at radius 1 is 1.19 bits per heavy atom. The monoisotopic (exact) mass is 291 g/mol. The molecule has 1 aromatic carbocycles. The Morgan fingerprint density at radius 2 is 1.86 bits per heavy atom. The third-order valence-electron chi connectivity index (χ3n) is 3.71. The van der Waals surface area contributed by atoms with Crippen LogP contribution in [-0.2, 0) is 11.2 Å². The Labute approximate surface area is 123 Å². The van der Waals surface area contributed by atoms with Crippen molar-refractivity contribution in [1.82, 2.24) is 16.1 Å². The van der Waals surface area contributed by atoms with Crippen molar-refractivity contribution < 1.29 is 14.8 Å². The molecule has 0 radical (unpaired) electrons. The van der Waals surface area contributed by atoms with Crippen molar-refractivity contribution >= 4 is 11.9 Å². The second kappa shape index (κ2) is 7.64. The maximum absolute atomic E-state index is 12.3. The first-order valence-electron chi connectivity index (χ1n) is 7.24. The van der Waals surface area contributed by atoms with Gasteiger partial charge in [0.1, 0.15) is 6.04 Å². The van der Waals surface area contributed by atoms with Crippen LogP contribution in [0.25, 0.3) is 0 Å². The zero-order valence-corrected chi connectivity index (χ0v) is 11.8. The Hall–Kier alpha value is -2.08. The minimum Gasteiger partial charge on any atom is -0.352 e. The first-order valence-corrected chi connectivity index (χ1v) is 7.24. The summed E-state index contributed by atoms with van der Waals surface area (Å²) in [7, 11) is 0. The van der Waals surface area contributed by atoms with Crippen molar-refractivity contribution in [2.45, 2.75) is 44.2 Å². The fourth-order valence-electron chi connectivity index (χ4n) is 2.62. The van der Waals surface area contributed by atoms with Crippen LogP contribution in [0, 0.1) is 0 Å². The number of benzene rings is 1. The van der Waals surface area contributed by atoms with Crippen LogP contribution in [-0.4, -0.2) is 29.2 Å². The van der Waals surface area contributed by atoms with Crippen molar-refractivity contribution in [3.8, 4) is 0 Å². The maximum Gasteiger partial charge on any atom is 0.339 e. The predicted molar refractivity (Wildman–Crippen MR) is 77.8 cm³/mol. The molecule has 114 valence electrons. The third-order valence-corrected chi connectivity index (χ3v) is 3.71. The van der Waals surface area contributed by atoms with Gasteiger partial charge >= 0.3 is 6.03 Å². The lowest BCUT2D eigenvalue weighted by atomic mass is 10.0. The lowest BCUT2D eigenvalue weighted by molar-refractivity contribution is -0.123. The van der Waals surface area contributed by atoms with Crippen molar-refractivity contribution in [1.29, 1.82) is 0 Å². The molecule has 0 aliphatic heterocycles. The van der Waals surface area contributed by atoms with Gasteiger partial charge in [0.25, 0.3) is 0 Å². The van der Waals surface area contributed by atoms with E-state index in [1.54, 1.807) is 0 Å². The van der Waals surface area contributed by atoms with E-state index in [0.717, 1.165) is 31.2 Å². The van der Waals surface area contributed by atoms with Crippen LogP contribution in [0.15, 0.2) is 30.3 Å². The summed E-state index contributed by atoms with van der Waals surface area (Å²) in [5.74, 6) is -0.214. The van der Waals surface area contributed by atoms with Gasteiger partial charge in [-0.25, -0.2) is 10.3 Å². The van der Waals surface area contributed by atoms with E-state index < -0.39 is 12.1 Å². The molecule has 1 aliphatic carbocycles. The number of urea groups is 1. The van der Waals surface area contributed by atoms with Gasteiger partial charge in [0.05, 0.1) is 0 Å². The summed E-state index contributed by atoms with van der Waals surface area (Å²) in [6.07, 6.45) is 4.59. The van der Waals surface area contributed by atoms with E-state index in [4.69, 9.17) is 5.21 Å². The molecule has 2 rings (SSSR count). The SMILES string of the molecule is O=C(NO)N[C@@H](Cc1ccccc1)C(=O)NC1CCCC1. The van der Waals surface area contributed by atoms with E-state index >= 15 is 0 Å². The average Bonchev–Trinajstić information content (AvgIpc) is 3.00. The van der Waals surface area contributed by atoms with E-state index in [2.05, 4.69) is 10.6 Å². The number of nitrogens with one attached hydrogen (secondary N) is 3. The summed E-state index contributed by atoms with van der Waals surface area (Å²) < 4.78 is 0. The summed E-state index contributed by atoms with van der Waals surface area (Å²) in [5.41, 5.74) is 2.45. The van der Waals surface area contributed by atoms with Gasteiger partial charge in [-0.3, -0.25) is 10.0 Å². The summed E-state index contributed by atoms with van der Waals surface area (Å²) in [4.78, 5) is 23.6. The number of hydroxylamine groups is 1. The molecule has 4 N–H and O–H groups in total. The van der Waals surface area contributed by atoms with Crippen molar-refractivity contribution in [2.24, 2.45) is 0 Å². The molecule has 1 fully saturated rings. The average molecular weight is 291 g/mol. The van der Waals surface area contributed by atoms with Gasteiger partial charge < -0.3 is 10.6 Å². The number of rotatable bonds is 5. The summed E-state index contributed by atoms with van der Waals surface area (Å²) in [5, 5.41) is 14.1. The summed E-state index contributed by atoms with van der Waals surface area (Å²) in [6.45, 7) is 0. The fraction of sp³-hybridized carbons (Fsp3) is 0.467. The van der Waals surface area contributed by atoms with Crippen molar-refractivity contribution in [2.75, 3.05) is 0 Å². The van der Waals surface area contributed by atoms with E-state index in [1.807, 2.05) is 30.3 Å². The first-order chi connectivity index (χ1) is 10.2. The number of hydrogen-bond acceptors (Lipinski definition) is 3. The van der Waals surface area contributed by atoms with Crippen LogP contribution in [0.4, 0.5) is 4.79 Å². The van der Waals surface area contributed by atoms with Crippen molar-refractivity contribution in [3.63, 3.8) is 0 Å². The Balaban J connectivity index is 1.99. The molecule has 0 unspecified atom stereocenters. The largest absolute Gasteiger partial charge is 0.352 e. The molecule has 1 saturated carbocycles. The molecular weight excluding hydrogens is 270 g/mol. The highest BCUT2D eigenvalue weighted by molar-refractivity contribution is 5.87. The topological polar surface area (TPSA) is 90.5 Å². The Morgan fingerprint density at radius 3 is 2.48 bits per heavy atom. The van der Waals surface area contributed by atoms with Crippen LogP contribution < -0.4 is 16.1 Å². The van der Waals surface area contributed by atoms with Crippen LogP contribution in [0.3, 0.4) is 0 Å². The summed E-state index contributed by atoms with van der Waals surface area (Å²) >= 11 is 0. The van der Waals surface area contributed by atoms with Gasteiger partial charge in [0.15, 0.2) is 0 Å². The third kappa shape index (κ3) is 4.75. The molecule has 0 aromatic heterocycles. The van der Waals surface area contributed by atoms with Gasteiger partial charge in [0.2, 0.25) is 5.91 Å². The van der Waals surface area contributed by atoms with E-state index in [0.29, 0.717) is 6.42 Å². The Bertz CT molecular complexity index is 472. The molecule has 6 heteroatoms. The highest BCUT2D eigenvalue weighted by Crippen LogP contribution is 2.17. The normalized spacial score (nSPS) is 16.2. The molecule has 6 nitrogen and oxygen atoms in total. The van der Waals surface area contributed by atoms with E-state index in [1.165, 1.54) is 5.48 Å². The number of carbonyl (C=O) groups excluding carboxylic acids is 2. The minimum atomic E-state index is -0.780. The zero-order valence-electron chi connectivity index (χ0n) is 11.8. The molecule has 0 saturated heterocycles. The summed E-state index contributed by atoms with van der Waals surface area (Å²) in [6, 6.07) is 8.15. The number of amides is 3. The van der Waals surface area contributed by atoms with Crippen LogP contribution in [0.1, 0.15) is 31.2 Å². The van der Waals surface area contributed by atoms with Crippen molar-refractivity contribution in [3.05, 3.63) is 35.9 Å². The van der Waals surface area contributed by atoms with Crippen LogP contribution in [0.2, 0.25) is 0 Å². The second-order valence-electron chi connectivity index (χ2n) is 5.32. The minimum absolute atomic E-state index is 0.190. The van der Waals surface area contributed by atoms with E-state index in [9.17, 15) is 9.59 Å². The van der Waals surface area contributed by atoms with E-state index in [-0.39, 0.29) is 11.9 Å². The lowest BCUT2D eigenvalue weighted by Gasteiger charge is -2.20. The van der Waals surface area contributed by atoms with Gasteiger partial charge in [-0.05, 0) is 18.4 Å². The highest BCUT2D eigenvalue weighted by Gasteiger charge is 2.25. The quantitative estimate of drug-likeness (QED) is 0.487. The lowest BCUT2D eigenvalue weighted by Crippen LogP contribution is -2.52. The molecular formula is C15H21N3O3. The smallest absolute Gasteiger partial charge is 0.339 e. The molecule has 1 atom stereocenters. The number of carbonyl (C=O) groups is 2. The first kappa shape index (κ1) is 15.3. The van der Waals surface area contributed by atoms with Gasteiger partial charge in [-0.1, -0.05) is 43.2 Å². The van der Waals surface area contributed by atoms with Crippen LogP contribution >= 0.6 is 0 Å². The fourth-order valence-corrected chi connectivity index (χ4v) is 2.62. The molecule has 1 aliphatic rings. The van der Waals surface area contributed by atoms with Gasteiger partial charge in [0, 0.05) is 12.5 Å². The standard InChI is InChI=1S/C15H21N3O3/c19-14(16-12-8-4-5-9-12)13(17-15(20)18-21)10-11-6-2-1-3-7-11/h1-3,6-7,12-13,21H,4-5,8-10H2,(H,16,19)(H2,17,18,20)/t13-/m0/s1. The van der Waals surface area contributed by atoms with Gasteiger partial charge in [-0.15, -0.1) is 0 Å². The van der Waals surface area contributed by atoms with Crippen LogP contribution in [0.5, 0.6) is 0 Å². The predicted octanol–water partition coefficient (Wildman–Crippen LogP) is 1.34. The Kier molecular flexibility index (Phi) is 5.57. The number of hydrogen-bond donors (Lipinski definition) is 4.